The standard InChI is InChI=1S/C12H11NO4/c1-2-16-12(15)13-9-5-3-8-4-6-11(14)17-10(8)7-9/h3-7H,2H2,1H3,(H,13,15). The van der Waals surface area contributed by atoms with Crippen LogP contribution in [-0.2, 0) is 4.74 Å². The highest BCUT2D eigenvalue weighted by Crippen LogP contribution is 2.17. The molecule has 2 aromatic rings. The summed E-state index contributed by atoms with van der Waals surface area (Å²) in [5.74, 6) is 0. The average molecular weight is 233 g/mol. The summed E-state index contributed by atoms with van der Waals surface area (Å²) >= 11 is 0. The summed E-state index contributed by atoms with van der Waals surface area (Å²) in [5, 5.41) is 3.32. The maximum absolute atomic E-state index is 11.2. The van der Waals surface area contributed by atoms with Gasteiger partial charge < -0.3 is 9.15 Å². The number of anilines is 1. The van der Waals surface area contributed by atoms with Crippen LogP contribution in [0.1, 0.15) is 6.92 Å². The Morgan fingerprint density at radius 1 is 1.35 bits per heavy atom. The van der Waals surface area contributed by atoms with Crippen molar-refractivity contribution < 1.29 is 13.9 Å². The molecule has 0 aliphatic carbocycles. The molecular weight excluding hydrogens is 222 g/mol. The molecule has 0 aliphatic heterocycles. The van der Waals surface area contributed by atoms with Gasteiger partial charge in [0.1, 0.15) is 5.58 Å². The van der Waals surface area contributed by atoms with Crippen molar-refractivity contribution in [2.75, 3.05) is 11.9 Å². The fraction of sp³-hybridized carbons (Fsp3) is 0.167. The maximum atomic E-state index is 11.2. The van der Waals surface area contributed by atoms with Crippen LogP contribution in [0.25, 0.3) is 11.0 Å². The van der Waals surface area contributed by atoms with Crippen molar-refractivity contribution in [2.24, 2.45) is 0 Å². The second-order valence-electron chi connectivity index (χ2n) is 3.35. The van der Waals surface area contributed by atoms with Crippen LogP contribution in [0.3, 0.4) is 0 Å². The van der Waals surface area contributed by atoms with Gasteiger partial charge >= 0.3 is 11.7 Å². The number of carbonyl (C=O) groups excluding carboxylic acids is 1. The third-order valence-electron chi connectivity index (χ3n) is 2.14. The Kier molecular flexibility index (Phi) is 3.09. The van der Waals surface area contributed by atoms with Crippen LogP contribution in [0.15, 0.2) is 39.5 Å². The molecular formula is C12H11NO4. The predicted octanol–water partition coefficient (Wildman–Crippen LogP) is 2.36. The lowest BCUT2D eigenvalue weighted by atomic mass is 10.2. The molecule has 5 nitrogen and oxygen atoms in total. The zero-order chi connectivity index (χ0) is 12.3. The van der Waals surface area contributed by atoms with Crippen LogP contribution >= 0.6 is 0 Å². The van der Waals surface area contributed by atoms with E-state index in [1.807, 2.05) is 0 Å². The number of nitrogens with one attached hydrogen (secondary N) is 1. The molecule has 0 bridgehead atoms. The van der Waals surface area contributed by atoms with Gasteiger partial charge in [-0.2, -0.15) is 0 Å². The summed E-state index contributed by atoms with van der Waals surface area (Å²) in [7, 11) is 0. The first-order valence-electron chi connectivity index (χ1n) is 5.17. The molecule has 1 N–H and O–H groups in total. The zero-order valence-electron chi connectivity index (χ0n) is 9.23. The van der Waals surface area contributed by atoms with E-state index in [4.69, 9.17) is 9.15 Å². The highest BCUT2D eigenvalue weighted by Gasteiger charge is 2.03. The van der Waals surface area contributed by atoms with Crippen molar-refractivity contribution in [3.05, 3.63) is 40.8 Å². The molecule has 88 valence electrons. The number of hydrogen-bond donors (Lipinski definition) is 1. The van der Waals surface area contributed by atoms with Crippen LogP contribution in [-0.4, -0.2) is 12.7 Å². The van der Waals surface area contributed by atoms with E-state index in [0.717, 1.165) is 5.39 Å². The summed E-state index contributed by atoms with van der Waals surface area (Å²) in [6.07, 6.45) is -0.537. The number of amides is 1. The third kappa shape index (κ3) is 2.63. The molecule has 2 rings (SSSR count). The van der Waals surface area contributed by atoms with E-state index in [1.54, 1.807) is 31.2 Å². The second-order valence-corrected chi connectivity index (χ2v) is 3.35. The first-order valence-corrected chi connectivity index (χ1v) is 5.17. The molecule has 1 aromatic heterocycles. The smallest absolute Gasteiger partial charge is 0.411 e. The van der Waals surface area contributed by atoms with Crippen LogP contribution in [0, 0.1) is 0 Å². The van der Waals surface area contributed by atoms with Crippen LogP contribution in [0.2, 0.25) is 0 Å². The molecule has 5 heteroatoms. The van der Waals surface area contributed by atoms with Gasteiger partial charge in [-0.25, -0.2) is 9.59 Å². The highest BCUT2D eigenvalue weighted by atomic mass is 16.5. The van der Waals surface area contributed by atoms with Gasteiger partial charge in [-0.05, 0) is 25.1 Å². The van der Waals surface area contributed by atoms with Crippen molar-refractivity contribution >= 4 is 22.7 Å². The van der Waals surface area contributed by atoms with Crippen LogP contribution in [0.4, 0.5) is 10.5 Å². The van der Waals surface area contributed by atoms with Gasteiger partial charge in [0.25, 0.3) is 0 Å². The zero-order valence-corrected chi connectivity index (χ0v) is 9.23. The summed E-state index contributed by atoms with van der Waals surface area (Å²) < 4.78 is 9.74. The van der Waals surface area contributed by atoms with Gasteiger partial charge in [0.15, 0.2) is 0 Å². The maximum Gasteiger partial charge on any atom is 0.411 e. The Labute approximate surface area is 97.0 Å². The van der Waals surface area contributed by atoms with Crippen molar-refractivity contribution in [1.29, 1.82) is 0 Å². The summed E-state index contributed by atoms with van der Waals surface area (Å²) in [5.41, 5.74) is 0.517. The van der Waals surface area contributed by atoms with E-state index in [-0.39, 0.29) is 0 Å². The molecule has 0 spiro atoms. The van der Waals surface area contributed by atoms with Gasteiger partial charge in [0.2, 0.25) is 0 Å². The second kappa shape index (κ2) is 4.69. The Bertz CT molecular complexity index is 603. The van der Waals surface area contributed by atoms with E-state index in [9.17, 15) is 9.59 Å². The number of rotatable bonds is 2. The minimum atomic E-state index is -0.537. The lowest BCUT2D eigenvalue weighted by molar-refractivity contribution is 0.168. The van der Waals surface area contributed by atoms with Gasteiger partial charge in [0.05, 0.1) is 6.61 Å². The molecule has 0 unspecified atom stereocenters. The Balaban J connectivity index is 2.30. The summed E-state index contributed by atoms with van der Waals surface area (Å²) in [4.78, 5) is 22.2. The highest BCUT2D eigenvalue weighted by molar-refractivity contribution is 5.88. The molecule has 17 heavy (non-hydrogen) atoms. The van der Waals surface area contributed by atoms with Crippen molar-refractivity contribution in [2.45, 2.75) is 6.92 Å². The molecule has 0 aliphatic rings. The SMILES string of the molecule is CCOC(=O)Nc1ccc2ccc(=O)oc2c1. The van der Waals surface area contributed by atoms with E-state index in [1.165, 1.54) is 6.07 Å². The molecule has 1 heterocycles. The van der Waals surface area contributed by atoms with E-state index in [0.29, 0.717) is 17.9 Å². The van der Waals surface area contributed by atoms with Gasteiger partial charge in [0, 0.05) is 23.2 Å². The molecule has 0 saturated carbocycles. The number of carbonyl (C=O) groups is 1. The topological polar surface area (TPSA) is 68.5 Å². The lowest BCUT2D eigenvalue weighted by Gasteiger charge is -2.05. The minimum Gasteiger partial charge on any atom is -0.450 e. The van der Waals surface area contributed by atoms with E-state index >= 15 is 0 Å². The van der Waals surface area contributed by atoms with Gasteiger partial charge in [-0.3, -0.25) is 5.32 Å². The quantitative estimate of drug-likeness (QED) is 0.808. The molecule has 0 atom stereocenters. The Hall–Kier alpha value is -2.30. The van der Waals surface area contributed by atoms with Gasteiger partial charge in [-0.15, -0.1) is 0 Å². The Morgan fingerprint density at radius 2 is 2.12 bits per heavy atom. The largest absolute Gasteiger partial charge is 0.450 e. The van der Waals surface area contributed by atoms with Gasteiger partial charge in [-0.1, -0.05) is 0 Å². The summed E-state index contributed by atoms with van der Waals surface area (Å²) in [6, 6.07) is 8.04. The molecule has 0 saturated heterocycles. The fourth-order valence-corrected chi connectivity index (χ4v) is 1.42. The van der Waals surface area contributed by atoms with E-state index in [2.05, 4.69) is 5.32 Å². The first kappa shape index (κ1) is 11.2. The molecule has 0 fully saturated rings. The first-order chi connectivity index (χ1) is 8.19. The van der Waals surface area contributed by atoms with Crippen LogP contribution < -0.4 is 10.9 Å². The number of hydrogen-bond acceptors (Lipinski definition) is 4. The predicted molar refractivity (Wildman–Crippen MR) is 63.1 cm³/mol. The van der Waals surface area contributed by atoms with Crippen molar-refractivity contribution in [3.63, 3.8) is 0 Å². The number of ether oxygens (including phenoxy) is 1. The number of fused-ring (bicyclic) bond motifs is 1. The lowest BCUT2D eigenvalue weighted by Crippen LogP contribution is -2.13. The normalized spacial score (nSPS) is 10.2. The molecule has 1 aromatic carbocycles. The van der Waals surface area contributed by atoms with Crippen LogP contribution in [0.5, 0.6) is 0 Å². The Morgan fingerprint density at radius 3 is 2.88 bits per heavy atom. The fourth-order valence-electron chi connectivity index (χ4n) is 1.42. The monoisotopic (exact) mass is 233 g/mol. The number of benzene rings is 1. The van der Waals surface area contributed by atoms with Crippen molar-refractivity contribution in [1.82, 2.24) is 0 Å². The summed E-state index contributed by atoms with van der Waals surface area (Å²) in [6.45, 7) is 2.02. The third-order valence-corrected chi connectivity index (χ3v) is 2.14. The van der Waals surface area contributed by atoms with Crippen molar-refractivity contribution in [3.8, 4) is 0 Å². The molecule has 0 radical (unpaired) electrons. The minimum absolute atomic E-state index is 0.300. The van der Waals surface area contributed by atoms with E-state index < -0.39 is 11.7 Å². The molecule has 1 amide bonds. The average Bonchev–Trinajstić information content (AvgIpc) is 2.28.